The van der Waals surface area contributed by atoms with Crippen LogP contribution in [0.25, 0.3) is 0 Å². The molecule has 1 aliphatic heterocycles. The standard InChI is InChI=1S/C11H21F3N4O/c1-17-4-6-18(7-5-17)3-2-16-10(19)8-15-9-11(12,13)14/h15H,2-9H2,1H3,(H,16,19). The number of nitrogens with one attached hydrogen (secondary N) is 2. The van der Waals surface area contributed by atoms with Crippen LogP contribution >= 0.6 is 0 Å². The van der Waals surface area contributed by atoms with Crippen LogP contribution in [0.1, 0.15) is 0 Å². The highest BCUT2D eigenvalue weighted by Gasteiger charge is 2.26. The molecule has 0 aromatic heterocycles. The number of nitrogens with zero attached hydrogens (tertiary/aromatic N) is 2. The summed E-state index contributed by atoms with van der Waals surface area (Å²) in [6.45, 7) is 3.68. The van der Waals surface area contributed by atoms with Crippen LogP contribution in [0.15, 0.2) is 0 Å². The fourth-order valence-electron chi connectivity index (χ4n) is 1.81. The largest absolute Gasteiger partial charge is 0.401 e. The van der Waals surface area contributed by atoms with Gasteiger partial charge in [-0.15, -0.1) is 0 Å². The first-order valence-corrected chi connectivity index (χ1v) is 6.32. The molecule has 112 valence electrons. The Balaban J connectivity index is 2.01. The SMILES string of the molecule is CN1CCN(CCNC(=O)CNCC(F)(F)F)CC1. The lowest BCUT2D eigenvalue weighted by atomic mass is 10.3. The molecule has 1 saturated heterocycles. The Kier molecular flexibility index (Phi) is 6.53. The normalized spacial score (nSPS) is 18.5. The van der Waals surface area contributed by atoms with Crippen molar-refractivity contribution in [3.8, 4) is 0 Å². The number of halogens is 3. The van der Waals surface area contributed by atoms with Crippen molar-refractivity contribution in [2.45, 2.75) is 6.18 Å². The Labute approximate surface area is 111 Å². The number of hydrogen-bond donors (Lipinski definition) is 2. The van der Waals surface area contributed by atoms with Crippen molar-refractivity contribution in [2.75, 3.05) is 59.4 Å². The first-order valence-electron chi connectivity index (χ1n) is 6.32. The lowest BCUT2D eigenvalue weighted by Gasteiger charge is -2.32. The Morgan fingerprint density at radius 2 is 1.84 bits per heavy atom. The molecule has 1 heterocycles. The molecule has 5 nitrogen and oxygen atoms in total. The maximum absolute atomic E-state index is 11.8. The molecular weight excluding hydrogens is 261 g/mol. The average molecular weight is 282 g/mol. The first kappa shape index (κ1) is 16.2. The number of piperazine rings is 1. The van der Waals surface area contributed by atoms with Crippen LogP contribution in [0, 0.1) is 0 Å². The number of rotatable bonds is 6. The minimum Gasteiger partial charge on any atom is -0.354 e. The molecule has 2 N–H and O–H groups in total. The van der Waals surface area contributed by atoms with Crippen LogP contribution in [0.5, 0.6) is 0 Å². The predicted molar refractivity (Wildman–Crippen MR) is 65.9 cm³/mol. The number of carbonyl (C=O) groups excluding carboxylic acids is 1. The van der Waals surface area contributed by atoms with E-state index in [-0.39, 0.29) is 6.54 Å². The number of alkyl halides is 3. The molecule has 1 aliphatic rings. The summed E-state index contributed by atoms with van der Waals surface area (Å²) in [4.78, 5) is 15.7. The summed E-state index contributed by atoms with van der Waals surface area (Å²) in [5.41, 5.74) is 0. The van der Waals surface area contributed by atoms with Crippen LogP contribution in [-0.2, 0) is 4.79 Å². The topological polar surface area (TPSA) is 47.6 Å². The molecule has 0 aromatic rings. The van der Waals surface area contributed by atoms with Gasteiger partial charge in [-0.1, -0.05) is 0 Å². The van der Waals surface area contributed by atoms with Crippen molar-refractivity contribution in [1.82, 2.24) is 20.4 Å². The van der Waals surface area contributed by atoms with Gasteiger partial charge in [0.1, 0.15) is 0 Å². The molecule has 1 fully saturated rings. The first-order chi connectivity index (χ1) is 8.87. The average Bonchev–Trinajstić information content (AvgIpc) is 2.30. The molecule has 0 aromatic carbocycles. The van der Waals surface area contributed by atoms with Crippen LogP contribution in [-0.4, -0.2) is 81.3 Å². The summed E-state index contributed by atoms with van der Waals surface area (Å²) in [6.07, 6.45) is -4.28. The van der Waals surface area contributed by atoms with E-state index in [2.05, 4.69) is 27.5 Å². The van der Waals surface area contributed by atoms with E-state index in [9.17, 15) is 18.0 Å². The van der Waals surface area contributed by atoms with Crippen molar-refractivity contribution in [3.05, 3.63) is 0 Å². The van der Waals surface area contributed by atoms with Gasteiger partial charge in [0.05, 0.1) is 13.1 Å². The van der Waals surface area contributed by atoms with Gasteiger partial charge >= 0.3 is 6.18 Å². The van der Waals surface area contributed by atoms with Gasteiger partial charge in [-0.25, -0.2) is 0 Å². The lowest BCUT2D eigenvalue weighted by molar-refractivity contribution is -0.128. The molecule has 8 heteroatoms. The molecule has 0 aliphatic carbocycles. The maximum atomic E-state index is 11.8. The highest BCUT2D eigenvalue weighted by Crippen LogP contribution is 2.11. The Hall–Kier alpha value is -0.860. The summed E-state index contributed by atoms with van der Waals surface area (Å²) >= 11 is 0. The second kappa shape index (κ2) is 7.66. The molecule has 0 unspecified atom stereocenters. The van der Waals surface area contributed by atoms with Crippen molar-refractivity contribution in [2.24, 2.45) is 0 Å². The van der Waals surface area contributed by atoms with Crippen LogP contribution < -0.4 is 10.6 Å². The van der Waals surface area contributed by atoms with E-state index in [1.807, 2.05) is 0 Å². The third-order valence-electron chi connectivity index (χ3n) is 2.96. The quantitative estimate of drug-likeness (QED) is 0.690. The summed E-state index contributed by atoms with van der Waals surface area (Å²) < 4.78 is 35.5. The zero-order valence-corrected chi connectivity index (χ0v) is 11.1. The van der Waals surface area contributed by atoms with Gasteiger partial charge in [0.25, 0.3) is 0 Å². The van der Waals surface area contributed by atoms with E-state index >= 15 is 0 Å². The molecule has 0 radical (unpaired) electrons. The highest BCUT2D eigenvalue weighted by atomic mass is 19.4. The van der Waals surface area contributed by atoms with Gasteiger partial charge in [-0.3, -0.25) is 9.69 Å². The highest BCUT2D eigenvalue weighted by molar-refractivity contribution is 5.77. The van der Waals surface area contributed by atoms with Gasteiger partial charge in [0.2, 0.25) is 5.91 Å². The summed E-state index contributed by atoms with van der Waals surface area (Å²) in [6, 6.07) is 0. The summed E-state index contributed by atoms with van der Waals surface area (Å²) in [5, 5.41) is 4.67. The molecular formula is C11H21F3N4O. The van der Waals surface area contributed by atoms with Crippen LogP contribution in [0.2, 0.25) is 0 Å². The van der Waals surface area contributed by atoms with Crippen molar-refractivity contribution in [3.63, 3.8) is 0 Å². The fourth-order valence-corrected chi connectivity index (χ4v) is 1.81. The lowest BCUT2D eigenvalue weighted by Crippen LogP contribution is -2.47. The third kappa shape index (κ3) is 8.02. The predicted octanol–water partition coefficient (Wildman–Crippen LogP) is -0.498. The molecule has 1 rings (SSSR count). The number of carbonyl (C=O) groups is 1. The van der Waals surface area contributed by atoms with Gasteiger partial charge in [0, 0.05) is 39.3 Å². The number of likely N-dealkylation sites (N-methyl/N-ethyl adjacent to an activating group) is 1. The molecule has 0 saturated carbocycles. The molecule has 0 bridgehead atoms. The van der Waals surface area contributed by atoms with Gasteiger partial charge in [-0.2, -0.15) is 13.2 Å². The van der Waals surface area contributed by atoms with Gasteiger partial charge in [-0.05, 0) is 7.05 Å². The Morgan fingerprint density at radius 1 is 1.21 bits per heavy atom. The minimum absolute atomic E-state index is 0.303. The number of hydrogen-bond acceptors (Lipinski definition) is 4. The van der Waals surface area contributed by atoms with Crippen molar-refractivity contribution < 1.29 is 18.0 Å². The van der Waals surface area contributed by atoms with E-state index < -0.39 is 18.6 Å². The van der Waals surface area contributed by atoms with E-state index in [1.165, 1.54) is 0 Å². The minimum atomic E-state index is -4.28. The number of amides is 1. The van der Waals surface area contributed by atoms with Crippen molar-refractivity contribution >= 4 is 5.91 Å². The molecule has 1 amide bonds. The zero-order chi connectivity index (χ0) is 14.3. The third-order valence-corrected chi connectivity index (χ3v) is 2.96. The molecule has 19 heavy (non-hydrogen) atoms. The van der Waals surface area contributed by atoms with E-state index in [1.54, 1.807) is 0 Å². The Morgan fingerprint density at radius 3 is 2.42 bits per heavy atom. The van der Waals surface area contributed by atoms with E-state index in [0.717, 1.165) is 32.7 Å². The van der Waals surface area contributed by atoms with E-state index in [4.69, 9.17) is 0 Å². The van der Waals surface area contributed by atoms with Gasteiger partial charge in [0.15, 0.2) is 0 Å². The second-order valence-electron chi connectivity index (χ2n) is 4.71. The molecule has 0 spiro atoms. The molecule has 0 atom stereocenters. The van der Waals surface area contributed by atoms with Crippen LogP contribution in [0.4, 0.5) is 13.2 Å². The smallest absolute Gasteiger partial charge is 0.354 e. The maximum Gasteiger partial charge on any atom is 0.401 e. The Bertz CT molecular complexity index is 278. The second-order valence-corrected chi connectivity index (χ2v) is 4.71. The fraction of sp³-hybridized carbons (Fsp3) is 0.909. The van der Waals surface area contributed by atoms with Crippen LogP contribution in [0.3, 0.4) is 0 Å². The summed E-state index contributed by atoms with van der Waals surface area (Å²) in [5.74, 6) is -0.404. The van der Waals surface area contributed by atoms with E-state index in [0.29, 0.717) is 6.54 Å². The monoisotopic (exact) mass is 282 g/mol. The summed E-state index contributed by atoms with van der Waals surface area (Å²) in [7, 11) is 2.06. The van der Waals surface area contributed by atoms with Crippen molar-refractivity contribution in [1.29, 1.82) is 0 Å². The van der Waals surface area contributed by atoms with Gasteiger partial charge < -0.3 is 15.5 Å². The zero-order valence-electron chi connectivity index (χ0n) is 11.1.